The molecule has 1 aliphatic heterocycles. The molecule has 0 bridgehead atoms. The number of halogens is 3. The summed E-state index contributed by atoms with van der Waals surface area (Å²) in [6, 6.07) is 7.33. The third-order valence-corrected chi connectivity index (χ3v) is 4.56. The van der Waals surface area contributed by atoms with E-state index in [1.807, 2.05) is 38.1 Å². The molecule has 0 aliphatic carbocycles. The zero-order chi connectivity index (χ0) is 17.3. The molecule has 7 heteroatoms. The molecule has 2 atom stereocenters. The maximum absolute atomic E-state index is 13.0. The van der Waals surface area contributed by atoms with Crippen molar-refractivity contribution in [2.75, 3.05) is 13.1 Å². The monoisotopic (exact) mass is 339 g/mol. The third kappa shape index (κ3) is 3.61. The summed E-state index contributed by atoms with van der Waals surface area (Å²) in [5.74, 6) is -0.539. The second kappa shape index (κ2) is 6.55. The molecule has 130 valence electrons. The van der Waals surface area contributed by atoms with Crippen molar-refractivity contribution in [3.8, 4) is 11.5 Å². The number of alkyl halides is 3. The number of likely N-dealkylation sites (tertiary alicyclic amines) is 1. The van der Waals surface area contributed by atoms with Crippen molar-refractivity contribution >= 4 is 0 Å². The van der Waals surface area contributed by atoms with E-state index >= 15 is 0 Å². The van der Waals surface area contributed by atoms with Gasteiger partial charge in [-0.15, -0.1) is 10.2 Å². The number of piperidine rings is 1. The SMILES string of the molecule is Cc1ccc(-c2nnc([C@H](C)N3CCC[C@H](C(F)(F)F)C3)o2)cc1. The Kier molecular flexibility index (Phi) is 4.62. The van der Waals surface area contributed by atoms with Crippen LogP contribution in [0, 0.1) is 12.8 Å². The fourth-order valence-corrected chi connectivity index (χ4v) is 3.00. The lowest BCUT2D eigenvalue weighted by atomic mass is 9.96. The van der Waals surface area contributed by atoms with Crippen LogP contribution in [-0.2, 0) is 0 Å². The summed E-state index contributed by atoms with van der Waals surface area (Å²) in [6.07, 6.45) is -3.45. The minimum atomic E-state index is -4.15. The van der Waals surface area contributed by atoms with Crippen LogP contribution in [0.1, 0.15) is 37.3 Å². The van der Waals surface area contributed by atoms with Crippen molar-refractivity contribution in [3.63, 3.8) is 0 Å². The molecule has 3 rings (SSSR count). The number of hydrogen-bond acceptors (Lipinski definition) is 4. The van der Waals surface area contributed by atoms with E-state index in [0.29, 0.717) is 24.7 Å². The van der Waals surface area contributed by atoms with Gasteiger partial charge in [-0.05, 0) is 45.4 Å². The van der Waals surface area contributed by atoms with Gasteiger partial charge in [-0.25, -0.2) is 0 Å². The molecular formula is C17H20F3N3O. The second-order valence-electron chi connectivity index (χ2n) is 6.36. The van der Waals surface area contributed by atoms with Gasteiger partial charge in [0.05, 0.1) is 12.0 Å². The summed E-state index contributed by atoms with van der Waals surface area (Å²) in [5.41, 5.74) is 1.93. The first-order valence-corrected chi connectivity index (χ1v) is 8.06. The van der Waals surface area contributed by atoms with Crippen molar-refractivity contribution in [3.05, 3.63) is 35.7 Å². The molecule has 24 heavy (non-hydrogen) atoms. The maximum atomic E-state index is 13.0. The van der Waals surface area contributed by atoms with E-state index in [1.54, 1.807) is 4.90 Å². The topological polar surface area (TPSA) is 42.2 Å². The van der Waals surface area contributed by atoms with Crippen LogP contribution in [0.5, 0.6) is 0 Å². The van der Waals surface area contributed by atoms with Crippen molar-refractivity contribution in [2.45, 2.75) is 38.9 Å². The lowest BCUT2D eigenvalue weighted by Crippen LogP contribution is -2.42. The first-order valence-electron chi connectivity index (χ1n) is 8.06. The Bertz CT molecular complexity index is 681. The van der Waals surface area contributed by atoms with Crippen molar-refractivity contribution in [1.82, 2.24) is 15.1 Å². The van der Waals surface area contributed by atoms with Gasteiger partial charge in [0.25, 0.3) is 0 Å². The van der Waals surface area contributed by atoms with Crippen molar-refractivity contribution in [1.29, 1.82) is 0 Å². The van der Waals surface area contributed by atoms with E-state index in [1.165, 1.54) is 0 Å². The molecule has 1 saturated heterocycles. The molecule has 1 fully saturated rings. The maximum Gasteiger partial charge on any atom is 0.393 e. The predicted octanol–water partition coefficient (Wildman–Crippen LogP) is 4.38. The smallest absolute Gasteiger partial charge is 0.393 e. The van der Waals surface area contributed by atoms with Gasteiger partial charge in [-0.1, -0.05) is 17.7 Å². The van der Waals surface area contributed by atoms with Gasteiger partial charge in [0.2, 0.25) is 11.8 Å². The number of hydrogen-bond donors (Lipinski definition) is 0. The van der Waals surface area contributed by atoms with Crippen molar-refractivity contribution < 1.29 is 17.6 Å². The molecule has 1 aromatic heterocycles. The van der Waals surface area contributed by atoms with Gasteiger partial charge in [0.15, 0.2) is 0 Å². The fourth-order valence-electron chi connectivity index (χ4n) is 3.00. The van der Waals surface area contributed by atoms with Gasteiger partial charge in [0, 0.05) is 12.1 Å². The summed E-state index contributed by atoms with van der Waals surface area (Å²) in [7, 11) is 0. The number of benzene rings is 1. The zero-order valence-corrected chi connectivity index (χ0v) is 13.7. The Hall–Kier alpha value is -1.89. The van der Waals surface area contributed by atoms with Crippen LogP contribution in [-0.4, -0.2) is 34.4 Å². The highest BCUT2D eigenvalue weighted by molar-refractivity contribution is 5.52. The molecule has 0 amide bonds. The standard InChI is InChI=1S/C17H20F3N3O/c1-11-5-7-13(8-6-11)16-22-21-15(24-16)12(2)23-9-3-4-14(10-23)17(18,19)20/h5-8,12,14H,3-4,9-10H2,1-2H3/t12-,14-/m0/s1. The molecule has 4 nitrogen and oxygen atoms in total. The lowest BCUT2D eigenvalue weighted by Gasteiger charge is -2.36. The van der Waals surface area contributed by atoms with Gasteiger partial charge >= 0.3 is 6.18 Å². The molecule has 0 saturated carbocycles. The molecule has 0 unspecified atom stereocenters. The largest absolute Gasteiger partial charge is 0.419 e. The van der Waals surface area contributed by atoms with Crippen LogP contribution < -0.4 is 0 Å². The van der Waals surface area contributed by atoms with Crippen LogP contribution >= 0.6 is 0 Å². The fraction of sp³-hybridized carbons (Fsp3) is 0.529. The highest BCUT2D eigenvalue weighted by Crippen LogP contribution is 2.36. The molecule has 0 radical (unpaired) electrons. The Morgan fingerprint density at radius 2 is 1.92 bits per heavy atom. The van der Waals surface area contributed by atoms with E-state index in [2.05, 4.69) is 10.2 Å². The molecular weight excluding hydrogens is 319 g/mol. The quantitative estimate of drug-likeness (QED) is 0.832. The van der Waals surface area contributed by atoms with Gasteiger partial charge < -0.3 is 4.42 Å². The van der Waals surface area contributed by atoms with Crippen LogP contribution in [0.15, 0.2) is 28.7 Å². The highest BCUT2D eigenvalue weighted by atomic mass is 19.4. The van der Waals surface area contributed by atoms with Crippen LogP contribution in [0.4, 0.5) is 13.2 Å². The summed E-state index contributed by atoms with van der Waals surface area (Å²) in [4.78, 5) is 1.77. The zero-order valence-electron chi connectivity index (χ0n) is 13.7. The molecule has 2 aromatic rings. The van der Waals surface area contributed by atoms with E-state index in [4.69, 9.17) is 4.42 Å². The minimum Gasteiger partial charge on any atom is -0.419 e. The Balaban J connectivity index is 1.73. The number of rotatable bonds is 3. The van der Waals surface area contributed by atoms with Gasteiger partial charge in [-0.3, -0.25) is 4.90 Å². The number of nitrogens with zero attached hydrogens (tertiary/aromatic N) is 3. The number of aromatic nitrogens is 2. The van der Waals surface area contributed by atoms with E-state index in [9.17, 15) is 13.2 Å². The normalized spacial score (nSPS) is 21.0. The minimum absolute atomic E-state index is 0.0209. The Morgan fingerprint density at radius 1 is 1.21 bits per heavy atom. The van der Waals surface area contributed by atoms with Gasteiger partial charge in [0.1, 0.15) is 0 Å². The second-order valence-corrected chi connectivity index (χ2v) is 6.36. The van der Waals surface area contributed by atoms with Gasteiger partial charge in [-0.2, -0.15) is 13.2 Å². The summed E-state index contributed by atoms with van der Waals surface area (Å²) >= 11 is 0. The molecule has 0 N–H and O–H groups in total. The summed E-state index contributed by atoms with van der Waals surface area (Å²) < 4.78 is 44.6. The van der Waals surface area contributed by atoms with Crippen LogP contribution in [0.25, 0.3) is 11.5 Å². The first kappa shape index (κ1) is 17.0. The Morgan fingerprint density at radius 3 is 2.58 bits per heavy atom. The molecule has 1 aromatic carbocycles. The van der Waals surface area contributed by atoms with E-state index in [0.717, 1.165) is 11.1 Å². The summed E-state index contributed by atoms with van der Waals surface area (Å²) in [6.45, 7) is 4.38. The third-order valence-electron chi connectivity index (χ3n) is 4.56. The Labute approximate surface area is 138 Å². The lowest BCUT2D eigenvalue weighted by molar-refractivity contribution is -0.188. The number of aryl methyl sites for hydroxylation is 1. The average Bonchev–Trinajstić information content (AvgIpc) is 3.04. The van der Waals surface area contributed by atoms with E-state index < -0.39 is 12.1 Å². The van der Waals surface area contributed by atoms with Crippen molar-refractivity contribution in [2.24, 2.45) is 5.92 Å². The first-order chi connectivity index (χ1) is 11.3. The molecule has 2 heterocycles. The average molecular weight is 339 g/mol. The van der Waals surface area contributed by atoms with Crippen LogP contribution in [0.3, 0.4) is 0 Å². The molecule has 1 aliphatic rings. The summed E-state index contributed by atoms with van der Waals surface area (Å²) in [5, 5.41) is 8.07. The van der Waals surface area contributed by atoms with E-state index in [-0.39, 0.29) is 19.0 Å². The molecule has 0 spiro atoms. The van der Waals surface area contributed by atoms with Crippen LogP contribution in [0.2, 0.25) is 0 Å². The predicted molar refractivity (Wildman–Crippen MR) is 83.2 cm³/mol. The highest BCUT2D eigenvalue weighted by Gasteiger charge is 2.43.